The zero-order valence-corrected chi connectivity index (χ0v) is 28.9. The summed E-state index contributed by atoms with van der Waals surface area (Å²) in [6, 6.07) is 4.68. The van der Waals surface area contributed by atoms with Crippen molar-refractivity contribution < 1.29 is 57.1 Å². The molecule has 49 heavy (non-hydrogen) atoms. The van der Waals surface area contributed by atoms with Gasteiger partial charge in [-0.1, -0.05) is 19.9 Å². The SMILES string of the molecule is CCOC(=O)[C@H](CC(C)C)NC(=O)CC[C@@H]1C[C@@H](OC(=O)NCc2ccc3c(c2)OCO3)C[C@@]2(CCC[C@H](COC(=O)NCCOC)O2)O1. The topological polar surface area (TPSA) is 178 Å². The summed E-state index contributed by atoms with van der Waals surface area (Å²) in [7, 11) is 1.54. The number of benzene rings is 1. The van der Waals surface area contributed by atoms with E-state index in [0.29, 0.717) is 56.8 Å². The van der Waals surface area contributed by atoms with E-state index >= 15 is 0 Å². The van der Waals surface area contributed by atoms with Crippen LogP contribution in [-0.4, -0.2) is 94.5 Å². The van der Waals surface area contributed by atoms with Gasteiger partial charge in [0.05, 0.1) is 25.4 Å². The van der Waals surface area contributed by atoms with Crippen LogP contribution in [0, 0.1) is 5.92 Å². The van der Waals surface area contributed by atoms with Crippen LogP contribution in [0.2, 0.25) is 0 Å². The zero-order valence-electron chi connectivity index (χ0n) is 28.9. The predicted molar refractivity (Wildman–Crippen MR) is 174 cm³/mol. The molecule has 2 saturated heterocycles. The summed E-state index contributed by atoms with van der Waals surface area (Å²) in [6.07, 6.45) is 0.651. The van der Waals surface area contributed by atoms with E-state index < -0.39 is 48.3 Å². The van der Waals surface area contributed by atoms with Crippen molar-refractivity contribution in [3.63, 3.8) is 0 Å². The third-order valence-electron chi connectivity index (χ3n) is 8.34. The number of carbonyl (C=O) groups is 4. The van der Waals surface area contributed by atoms with Crippen LogP contribution in [0.4, 0.5) is 9.59 Å². The Hall–Kier alpha value is -3.82. The molecule has 3 amide bonds. The van der Waals surface area contributed by atoms with E-state index in [4.69, 9.17) is 37.9 Å². The first kappa shape index (κ1) is 38.0. The Morgan fingerprint density at radius 2 is 1.82 bits per heavy atom. The highest BCUT2D eigenvalue weighted by molar-refractivity contribution is 5.84. The van der Waals surface area contributed by atoms with Crippen molar-refractivity contribution in [1.29, 1.82) is 0 Å². The van der Waals surface area contributed by atoms with E-state index in [9.17, 15) is 19.2 Å². The van der Waals surface area contributed by atoms with Gasteiger partial charge >= 0.3 is 18.2 Å². The lowest BCUT2D eigenvalue weighted by Crippen LogP contribution is -2.54. The van der Waals surface area contributed by atoms with Gasteiger partial charge in [-0.25, -0.2) is 14.4 Å². The molecule has 5 atom stereocenters. The molecule has 15 heteroatoms. The maximum atomic E-state index is 13.0. The Balaban J connectivity index is 1.37. The molecule has 1 aromatic rings. The van der Waals surface area contributed by atoms with Gasteiger partial charge in [0.2, 0.25) is 12.7 Å². The molecule has 0 aromatic heterocycles. The van der Waals surface area contributed by atoms with Gasteiger partial charge in [0, 0.05) is 45.9 Å². The highest BCUT2D eigenvalue weighted by atomic mass is 16.7. The summed E-state index contributed by atoms with van der Waals surface area (Å²) < 4.78 is 45.1. The van der Waals surface area contributed by atoms with Crippen LogP contribution >= 0.6 is 0 Å². The number of amides is 3. The molecule has 3 N–H and O–H groups in total. The smallest absolute Gasteiger partial charge is 0.407 e. The predicted octanol–water partition coefficient (Wildman–Crippen LogP) is 3.70. The highest BCUT2D eigenvalue weighted by Crippen LogP contribution is 2.41. The van der Waals surface area contributed by atoms with Gasteiger partial charge in [0.15, 0.2) is 17.3 Å². The molecule has 1 aromatic carbocycles. The number of alkyl carbamates (subject to hydrolysis) is 2. The highest BCUT2D eigenvalue weighted by Gasteiger charge is 2.47. The summed E-state index contributed by atoms with van der Waals surface area (Å²) in [5.74, 6) is -0.444. The van der Waals surface area contributed by atoms with Crippen molar-refractivity contribution in [3.8, 4) is 11.5 Å². The Kier molecular flexibility index (Phi) is 14.6. The van der Waals surface area contributed by atoms with Gasteiger partial charge in [-0.2, -0.15) is 0 Å². The number of hydrogen-bond donors (Lipinski definition) is 3. The van der Waals surface area contributed by atoms with Crippen LogP contribution in [0.5, 0.6) is 11.5 Å². The summed E-state index contributed by atoms with van der Waals surface area (Å²) in [6.45, 7) is 6.94. The normalized spacial score (nSPS) is 23.4. The maximum Gasteiger partial charge on any atom is 0.407 e. The minimum Gasteiger partial charge on any atom is -0.464 e. The van der Waals surface area contributed by atoms with Crippen molar-refractivity contribution in [2.45, 2.75) is 109 Å². The van der Waals surface area contributed by atoms with Crippen LogP contribution < -0.4 is 25.4 Å². The Morgan fingerprint density at radius 3 is 2.59 bits per heavy atom. The van der Waals surface area contributed by atoms with Gasteiger partial charge in [-0.3, -0.25) is 4.79 Å². The van der Waals surface area contributed by atoms with Crippen molar-refractivity contribution in [3.05, 3.63) is 23.8 Å². The molecular formula is C34H51N3O12. The number of carbonyl (C=O) groups excluding carboxylic acids is 4. The fourth-order valence-electron chi connectivity index (χ4n) is 6.14. The van der Waals surface area contributed by atoms with Crippen molar-refractivity contribution >= 4 is 24.1 Å². The molecule has 2 fully saturated rings. The van der Waals surface area contributed by atoms with Crippen LogP contribution in [0.1, 0.15) is 77.7 Å². The first-order valence-corrected chi connectivity index (χ1v) is 17.1. The average Bonchev–Trinajstić information content (AvgIpc) is 3.53. The Bertz CT molecular complexity index is 1260. The van der Waals surface area contributed by atoms with E-state index in [1.165, 1.54) is 0 Å². The quantitative estimate of drug-likeness (QED) is 0.130. The van der Waals surface area contributed by atoms with Crippen molar-refractivity contribution in [1.82, 2.24) is 16.0 Å². The molecule has 3 heterocycles. The van der Waals surface area contributed by atoms with E-state index in [0.717, 1.165) is 12.0 Å². The van der Waals surface area contributed by atoms with Crippen molar-refractivity contribution in [2.75, 3.05) is 40.3 Å². The molecule has 1 spiro atoms. The van der Waals surface area contributed by atoms with Gasteiger partial charge in [-0.15, -0.1) is 0 Å². The maximum absolute atomic E-state index is 13.0. The third-order valence-corrected chi connectivity index (χ3v) is 8.34. The second kappa shape index (κ2) is 18.8. The monoisotopic (exact) mass is 693 g/mol. The molecule has 3 aliphatic rings. The number of methoxy groups -OCH3 is 1. The average molecular weight is 694 g/mol. The summed E-state index contributed by atoms with van der Waals surface area (Å²) >= 11 is 0. The summed E-state index contributed by atoms with van der Waals surface area (Å²) in [4.78, 5) is 50.6. The lowest BCUT2D eigenvalue weighted by Gasteiger charge is -2.47. The largest absolute Gasteiger partial charge is 0.464 e. The van der Waals surface area contributed by atoms with Gasteiger partial charge in [0.1, 0.15) is 18.8 Å². The second-order valence-electron chi connectivity index (χ2n) is 12.8. The zero-order chi connectivity index (χ0) is 35.2. The third kappa shape index (κ3) is 12.2. The van der Waals surface area contributed by atoms with Crippen molar-refractivity contribution in [2.24, 2.45) is 5.92 Å². The van der Waals surface area contributed by atoms with Crippen LogP contribution in [0.25, 0.3) is 0 Å². The standard InChI is InChI=1S/C34H51N3O12/c1-5-43-31(39)27(15-22(2)3)37-30(38)11-9-24-17-26(47-33(41)36-19-23-8-10-28-29(16-23)46-21-45-28)18-34(48-24)12-6-7-25(49-34)20-44-32(40)35-13-14-42-4/h8,10,16,22,24-27H,5-7,9,11-15,17-21H2,1-4H3,(H,35,40)(H,36,41)(H,37,38)/t24-,25-,26-,27+,34+/m1/s1. The van der Waals surface area contributed by atoms with E-state index in [-0.39, 0.29) is 51.2 Å². The molecule has 0 unspecified atom stereocenters. The molecular weight excluding hydrogens is 642 g/mol. The van der Waals surface area contributed by atoms with Gasteiger partial charge < -0.3 is 53.8 Å². The molecule has 274 valence electrons. The number of ether oxygens (including phenoxy) is 8. The molecule has 3 aliphatic heterocycles. The van der Waals surface area contributed by atoms with E-state index in [1.807, 2.05) is 19.9 Å². The Labute approximate surface area is 287 Å². The molecule has 0 bridgehead atoms. The van der Waals surface area contributed by atoms with E-state index in [1.54, 1.807) is 26.2 Å². The number of rotatable bonds is 16. The number of nitrogens with one attached hydrogen (secondary N) is 3. The number of hydrogen-bond acceptors (Lipinski definition) is 12. The first-order chi connectivity index (χ1) is 23.6. The summed E-state index contributed by atoms with van der Waals surface area (Å²) in [5, 5.41) is 8.22. The Morgan fingerprint density at radius 1 is 1.02 bits per heavy atom. The number of esters is 1. The lowest BCUT2D eigenvalue weighted by atomic mass is 9.90. The number of fused-ring (bicyclic) bond motifs is 1. The molecule has 15 nitrogen and oxygen atoms in total. The fraction of sp³-hybridized carbons (Fsp3) is 0.706. The molecule has 0 radical (unpaired) electrons. The van der Waals surface area contributed by atoms with Gasteiger partial charge in [-0.05, 0) is 56.2 Å². The van der Waals surface area contributed by atoms with Crippen LogP contribution in [0.15, 0.2) is 18.2 Å². The van der Waals surface area contributed by atoms with Crippen LogP contribution in [0.3, 0.4) is 0 Å². The molecule has 4 rings (SSSR count). The second-order valence-corrected chi connectivity index (χ2v) is 12.8. The van der Waals surface area contributed by atoms with Gasteiger partial charge in [0.25, 0.3) is 0 Å². The molecule has 0 aliphatic carbocycles. The van der Waals surface area contributed by atoms with E-state index in [2.05, 4.69) is 16.0 Å². The van der Waals surface area contributed by atoms with Crippen LogP contribution in [-0.2, 0) is 44.6 Å². The first-order valence-electron chi connectivity index (χ1n) is 17.1. The fourth-order valence-corrected chi connectivity index (χ4v) is 6.14. The lowest BCUT2D eigenvalue weighted by molar-refractivity contribution is -0.329. The molecule has 0 saturated carbocycles. The minimum absolute atomic E-state index is 0.0175. The summed E-state index contributed by atoms with van der Waals surface area (Å²) in [5.41, 5.74) is 0.817. The minimum atomic E-state index is -1.11.